The second kappa shape index (κ2) is 3.78. The van der Waals surface area contributed by atoms with Gasteiger partial charge in [-0.15, -0.1) is 0 Å². The SMILES string of the molecule is [Mn].[Zn].c1ccc2c(c1)S2. The Hall–Kier alpha value is 0.713. The van der Waals surface area contributed by atoms with Gasteiger partial charge in [-0.05, 0) is 12.1 Å². The molecule has 0 amide bonds. The van der Waals surface area contributed by atoms with E-state index >= 15 is 0 Å². The molecule has 0 spiro atoms. The fraction of sp³-hybridized carbons (Fsp3) is 0. The molecule has 0 fully saturated rings. The topological polar surface area (TPSA) is 0 Å². The fourth-order valence-electron chi connectivity index (χ4n) is 0.611. The summed E-state index contributed by atoms with van der Waals surface area (Å²) < 4.78 is 0. The van der Waals surface area contributed by atoms with E-state index < -0.39 is 0 Å². The molecule has 0 aromatic heterocycles. The Labute approximate surface area is 82.0 Å². The molecular weight excluding hydrogens is 224 g/mol. The van der Waals surface area contributed by atoms with Crippen molar-refractivity contribution in [2.75, 3.05) is 0 Å². The van der Waals surface area contributed by atoms with E-state index in [1.54, 1.807) is 0 Å². The summed E-state index contributed by atoms with van der Waals surface area (Å²) in [6.45, 7) is 0. The van der Waals surface area contributed by atoms with Crippen molar-refractivity contribution in [1.29, 1.82) is 0 Å². The molecule has 1 aliphatic heterocycles. The van der Waals surface area contributed by atoms with Crippen molar-refractivity contribution in [2.24, 2.45) is 0 Å². The van der Waals surface area contributed by atoms with Crippen molar-refractivity contribution in [3.8, 4) is 0 Å². The van der Waals surface area contributed by atoms with Gasteiger partial charge in [0.05, 0.1) is 0 Å². The van der Waals surface area contributed by atoms with Crippen LogP contribution in [0.5, 0.6) is 0 Å². The summed E-state index contributed by atoms with van der Waals surface area (Å²) in [6, 6.07) is 8.41. The van der Waals surface area contributed by atoms with Crippen LogP contribution in [0.1, 0.15) is 0 Å². The zero-order valence-corrected chi connectivity index (χ0v) is 9.77. The van der Waals surface area contributed by atoms with Gasteiger partial charge < -0.3 is 0 Å². The second-order valence-corrected chi connectivity index (χ2v) is 2.63. The van der Waals surface area contributed by atoms with E-state index in [-0.39, 0.29) is 36.5 Å². The molecule has 1 aliphatic rings. The minimum atomic E-state index is 0. The molecule has 0 bridgehead atoms. The van der Waals surface area contributed by atoms with Crippen LogP contribution in [0.25, 0.3) is 0 Å². The van der Waals surface area contributed by atoms with Gasteiger partial charge in [0.1, 0.15) is 0 Å². The third kappa shape index (κ3) is 2.09. The summed E-state index contributed by atoms with van der Waals surface area (Å²) in [5, 5.41) is 0. The molecule has 1 aromatic rings. The van der Waals surface area contributed by atoms with E-state index in [0.717, 1.165) is 0 Å². The Bertz CT molecular complexity index is 181. The molecule has 0 aliphatic carbocycles. The molecule has 0 nitrogen and oxygen atoms in total. The van der Waals surface area contributed by atoms with E-state index in [1.807, 2.05) is 11.8 Å². The summed E-state index contributed by atoms with van der Waals surface area (Å²) in [6.07, 6.45) is 0. The predicted octanol–water partition coefficient (Wildman–Crippen LogP) is 2.15. The van der Waals surface area contributed by atoms with E-state index in [1.165, 1.54) is 9.79 Å². The van der Waals surface area contributed by atoms with Crippen LogP contribution >= 0.6 is 11.8 Å². The Morgan fingerprint density at radius 3 is 1.78 bits per heavy atom. The van der Waals surface area contributed by atoms with Crippen LogP contribution in [0.3, 0.4) is 0 Å². The molecule has 2 rings (SSSR count). The maximum atomic E-state index is 2.14. The van der Waals surface area contributed by atoms with Crippen LogP contribution in [0, 0.1) is 0 Å². The molecule has 1 aromatic carbocycles. The van der Waals surface area contributed by atoms with Gasteiger partial charge in [-0.25, -0.2) is 0 Å². The summed E-state index contributed by atoms with van der Waals surface area (Å²) >= 11 is 1.86. The van der Waals surface area contributed by atoms with Crippen molar-refractivity contribution in [1.82, 2.24) is 0 Å². The van der Waals surface area contributed by atoms with Crippen molar-refractivity contribution >= 4 is 11.8 Å². The number of benzene rings is 1. The molecule has 0 saturated heterocycles. The maximum absolute atomic E-state index is 2.14. The smallest absolute Gasteiger partial charge is 0.0262 e. The Kier molecular flexibility index (Phi) is 4.08. The monoisotopic (exact) mass is 227 g/mol. The molecule has 0 atom stereocenters. The Morgan fingerprint density at radius 2 is 1.44 bits per heavy atom. The number of hydrogen-bond donors (Lipinski definition) is 0. The van der Waals surface area contributed by atoms with Crippen LogP contribution in [-0.2, 0) is 36.5 Å². The van der Waals surface area contributed by atoms with Gasteiger partial charge in [0.25, 0.3) is 0 Å². The van der Waals surface area contributed by atoms with E-state index in [2.05, 4.69) is 24.3 Å². The van der Waals surface area contributed by atoms with Gasteiger partial charge in [0.15, 0.2) is 0 Å². The molecule has 0 saturated carbocycles. The van der Waals surface area contributed by atoms with Gasteiger partial charge >= 0.3 is 0 Å². The van der Waals surface area contributed by atoms with Crippen LogP contribution in [0.15, 0.2) is 34.1 Å². The van der Waals surface area contributed by atoms with Gasteiger partial charge in [0, 0.05) is 46.3 Å². The number of fused-ring (bicyclic) bond motifs is 1. The first-order chi connectivity index (χ1) is 3.47. The minimum Gasteiger partial charge on any atom is -0.0877 e. The van der Waals surface area contributed by atoms with E-state index in [9.17, 15) is 0 Å². The Morgan fingerprint density at radius 1 is 1.00 bits per heavy atom. The number of rotatable bonds is 0. The normalized spacial score (nSPS) is 10.2. The zero-order chi connectivity index (χ0) is 4.69. The molecular formula is C6H4MnSZn. The number of hydrogen-bond acceptors (Lipinski definition) is 1. The molecule has 3 heteroatoms. The standard InChI is InChI=1S/C6H4S.Mn.Zn/c1-2-4-6-5(3-1)7-6;;/h1-4H;;. The largest absolute Gasteiger partial charge is 0.0877 e. The van der Waals surface area contributed by atoms with Crippen LogP contribution in [-0.4, -0.2) is 0 Å². The molecule has 9 heavy (non-hydrogen) atoms. The van der Waals surface area contributed by atoms with Crippen molar-refractivity contribution in [3.05, 3.63) is 24.3 Å². The predicted molar refractivity (Wildman–Crippen MR) is 30.6 cm³/mol. The first-order valence-corrected chi connectivity index (χ1v) is 3.05. The average molecular weight is 228 g/mol. The summed E-state index contributed by atoms with van der Waals surface area (Å²) in [5.41, 5.74) is 0. The van der Waals surface area contributed by atoms with Crippen molar-refractivity contribution in [3.63, 3.8) is 0 Å². The zero-order valence-electron chi connectivity index (χ0n) is 4.80. The molecule has 1 heterocycles. The second-order valence-electron chi connectivity index (χ2n) is 1.55. The summed E-state index contributed by atoms with van der Waals surface area (Å²) in [4.78, 5) is 2.89. The van der Waals surface area contributed by atoms with Gasteiger partial charge in [-0.1, -0.05) is 23.9 Å². The quantitative estimate of drug-likeness (QED) is 0.492. The minimum absolute atomic E-state index is 0. The Balaban J connectivity index is 0.000000320. The maximum Gasteiger partial charge on any atom is 0.0262 e. The fourth-order valence-corrected chi connectivity index (χ4v) is 1.23. The molecule has 0 unspecified atom stereocenters. The van der Waals surface area contributed by atoms with Crippen LogP contribution < -0.4 is 0 Å². The molecule has 0 N–H and O–H groups in total. The summed E-state index contributed by atoms with van der Waals surface area (Å²) in [7, 11) is 0. The molecule has 43 valence electrons. The van der Waals surface area contributed by atoms with Gasteiger partial charge in [0.2, 0.25) is 0 Å². The van der Waals surface area contributed by atoms with Gasteiger partial charge in [-0.2, -0.15) is 0 Å². The van der Waals surface area contributed by atoms with E-state index in [0.29, 0.717) is 0 Å². The third-order valence-corrected chi connectivity index (χ3v) is 1.98. The van der Waals surface area contributed by atoms with Crippen LogP contribution in [0.2, 0.25) is 0 Å². The third-order valence-electron chi connectivity index (χ3n) is 1.03. The average Bonchev–Trinajstić information content (AvgIpc) is 2.41. The van der Waals surface area contributed by atoms with Crippen LogP contribution in [0.4, 0.5) is 0 Å². The molecule has 1 radical (unpaired) electrons. The van der Waals surface area contributed by atoms with E-state index in [4.69, 9.17) is 0 Å². The first kappa shape index (κ1) is 9.71. The first-order valence-electron chi connectivity index (χ1n) is 2.24. The van der Waals surface area contributed by atoms with Crippen molar-refractivity contribution < 1.29 is 36.5 Å². The van der Waals surface area contributed by atoms with Crippen molar-refractivity contribution in [2.45, 2.75) is 9.79 Å². The van der Waals surface area contributed by atoms with Gasteiger partial charge in [-0.3, -0.25) is 0 Å². The summed E-state index contributed by atoms with van der Waals surface area (Å²) in [5.74, 6) is 0.